The monoisotopic (exact) mass is 219 g/mol. The first-order valence-corrected chi connectivity index (χ1v) is 6.01. The van der Waals surface area contributed by atoms with Crippen LogP contribution in [-0.2, 0) is 13.1 Å². The first kappa shape index (κ1) is 11.6. The third kappa shape index (κ3) is 3.03. The van der Waals surface area contributed by atoms with Crippen molar-refractivity contribution in [2.45, 2.75) is 26.4 Å². The van der Waals surface area contributed by atoms with Crippen molar-refractivity contribution in [3.63, 3.8) is 0 Å². The Balaban J connectivity index is 1.83. The Morgan fingerprint density at radius 2 is 2.25 bits per heavy atom. The summed E-state index contributed by atoms with van der Waals surface area (Å²) < 4.78 is 0. The molecule has 1 fully saturated rings. The molecule has 1 aliphatic carbocycles. The Hall–Kier alpha value is -0.930. The van der Waals surface area contributed by atoms with Gasteiger partial charge in [0.1, 0.15) is 0 Å². The van der Waals surface area contributed by atoms with Gasteiger partial charge >= 0.3 is 0 Å². The Labute approximate surface area is 97.7 Å². The highest BCUT2D eigenvalue weighted by Crippen LogP contribution is 2.38. The maximum absolute atomic E-state index is 5.54. The molecule has 0 aromatic carbocycles. The quantitative estimate of drug-likeness (QED) is 0.818. The molecule has 2 rings (SSSR count). The molecule has 2 atom stereocenters. The van der Waals surface area contributed by atoms with Crippen LogP contribution in [0.5, 0.6) is 0 Å². The predicted octanol–water partition coefficient (Wildman–Crippen LogP) is 1.63. The summed E-state index contributed by atoms with van der Waals surface area (Å²) in [7, 11) is 2.17. The summed E-state index contributed by atoms with van der Waals surface area (Å²) in [6.07, 6.45) is 3.27. The van der Waals surface area contributed by atoms with E-state index in [0.717, 1.165) is 29.6 Å². The highest BCUT2D eigenvalue weighted by atomic mass is 15.1. The van der Waals surface area contributed by atoms with Crippen LogP contribution in [0.15, 0.2) is 18.3 Å². The molecule has 1 aliphatic rings. The highest BCUT2D eigenvalue weighted by molar-refractivity contribution is 5.13. The molecule has 0 spiro atoms. The lowest BCUT2D eigenvalue weighted by atomic mass is 10.2. The van der Waals surface area contributed by atoms with Gasteiger partial charge in [0, 0.05) is 25.8 Å². The van der Waals surface area contributed by atoms with Gasteiger partial charge in [0.25, 0.3) is 0 Å². The van der Waals surface area contributed by atoms with Crippen LogP contribution in [0, 0.1) is 11.8 Å². The molecule has 88 valence electrons. The molecule has 2 N–H and O–H groups in total. The van der Waals surface area contributed by atoms with Crippen LogP contribution < -0.4 is 5.73 Å². The standard InChI is InChI=1S/C13H21N3/c1-10-5-12(10)8-16(2)9-13-4-3-11(6-14)7-15-13/h3-4,7,10,12H,5-6,8-9,14H2,1-2H3. The lowest BCUT2D eigenvalue weighted by molar-refractivity contribution is 0.304. The molecule has 0 bridgehead atoms. The van der Waals surface area contributed by atoms with E-state index in [1.54, 1.807) is 0 Å². The van der Waals surface area contributed by atoms with Crippen molar-refractivity contribution in [3.05, 3.63) is 29.6 Å². The molecule has 0 amide bonds. The van der Waals surface area contributed by atoms with E-state index in [2.05, 4.69) is 36.0 Å². The third-order valence-corrected chi connectivity index (χ3v) is 3.38. The predicted molar refractivity (Wildman–Crippen MR) is 65.7 cm³/mol. The van der Waals surface area contributed by atoms with E-state index < -0.39 is 0 Å². The van der Waals surface area contributed by atoms with Crippen molar-refractivity contribution in [1.82, 2.24) is 9.88 Å². The SMILES string of the molecule is CC1CC1CN(C)Cc1ccc(CN)cn1. The fourth-order valence-electron chi connectivity index (χ4n) is 2.06. The number of aromatic nitrogens is 1. The van der Waals surface area contributed by atoms with Crippen LogP contribution in [0.2, 0.25) is 0 Å². The normalized spacial score (nSPS) is 23.8. The maximum atomic E-state index is 5.54. The lowest BCUT2D eigenvalue weighted by Gasteiger charge is -2.15. The van der Waals surface area contributed by atoms with Crippen molar-refractivity contribution in [1.29, 1.82) is 0 Å². The summed E-state index contributed by atoms with van der Waals surface area (Å²) >= 11 is 0. The molecule has 1 heterocycles. The third-order valence-electron chi connectivity index (χ3n) is 3.38. The number of rotatable bonds is 5. The summed E-state index contributed by atoms with van der Waals surface area (Å²) in [5.41, 5.74) is 7.77. The second-order valence-electron chi connectivity index (χ2n) is 5.03. The molecular weight excluding hydrogens is 198 g/mol. The molecule has 1 aromatic rings. The van der Waals surface area contributed by atoms with E-state index in [4.69, 9.17) is 5.73 Å². The number of hydrogen-bond donors (Lipinski definition) is 1. The Morgan fingerprint density at radius 1 is 1.50 bits per heavy atom. The van der Waals surface area contributed by atoms with Gasteiger partial charge in [0.05, 0.1) is 5.69 Å². The van der Waals surface area contributed by atoms with Crippen molar-refractivity contribution >= 4 is 0 Å². The zero-order valence-corrected chi connectivity index (χ0v) is 10.2. The molecule has 3 heteroatoms. The van der Waals surface area contributed by atoms with Crippen LogP contribution in [0.4, 0.5) is 0 Å². The Bertz CT molecular complexity index is 334. The minimum absolute atomic E-state index is 0.572. The molecule has 2 unspecified atom stereocenters. The average Bonchev–Trinajstić information content (AvgIpc) is 2.95. The number of nitrogens with zero attached hydrogens (tertiary/aromatic N) is 2. The molecule has 0 radical (unpaired) electrons. The largest absolute Gasteiger partial charge is 0.326 e. The van der Waals surface area contributed by atoms with Gasteiger partial charge in [-0.3, -0.25) is 4.98 Å². The van der Waals surface area contributed by atoms with Crippen LogP contribution in [0.25, 0.3) is 0 Å². The van der Waals surface area contributed by atoms with Crippen molar-refractivity contribution in [2.24, 2.45) is 17.6 Å². The van der Waals surface area contributed by atoms with E-state index >= 15 is 0 Å². The van der Waals surface area contributed by atoms with E-state index in [1.165, 1.54) is 13.0 Å². The van der Waals surface area contributed by atoms with Crippen molar-refractivity contribution in [3.8, 4) is 0 Å². The lowest BCUT2D eigenvalue weighted by Crippen LogP contribution is -2.21. The van der Waals surface area contributed by atoms with Crippen LogP contribution in [0.3, 0.4) is 0 Å². The second-order valence-corrected chi connectivity index (χ2v) is 5.03. The van der Waals surface area contributed by atoms with E-state index in [9.17, 15) is 0 Å². The highest BCUT2D eigenvalue weighted by Gasteiger charge is 2.32. The number of pyridine rings is 1. The van der Waals surface area contributed by atoms with Gasteiger partial charge in [0.2, 0.25) is 0 Å². The fraction of sp³-hybridized carbons (Fsp3) is 0.615. The maximum Gasteiger partial charge on any atom is 0.0544 e. The number of hydrogen-bond acceptors (Lipinski definition) is 3. The summed E-state index contributed by atoms with van der Waals surface area (Å²) in [4.78, 5) is 6.77. The second kappa shape index (κ2) is 4.93. The molecule has 16 heavy (non-hydrogen) atoms. The van der Waals surface area contributed by atoms with Crippen LogP contribution in [-0.4, -0.2) is 23.5 Å². The molecule has 1 aromatic heterocycles. The summed E-state index contributed by atoms with van der Waals surface area (Å²) in [5.74, 6) is 1.84. The minimum Gasteiger partial charge on any atom is -0.326 e. The topological polar surface area (TPSA) is 42.1 Å². The molecule has 3 nitrogen and oxygen atoms in total. The zero-order chi connectivity index (χ0) is 11.5. The van der Waals surface area contributed by atoms with Gasteiger partial charge in [-0.25, -0.2) is 0 Å². The molecular formula is C13H21N3. The fourth-order valence-corrected chi connectivity index (χ4v) is 2.06. The van der Waals surface area contributed by atoms with Gasteiger partial charge in [-0.1, -0.05) is 13.0 Å². The van der Waals surface area contributed by atoms with E-state index in [0.29, 0.717) is 6.54 Å². The summed E-state index contributed by atoms with van der Waals surface area (Å²) in [5, 5.41) is 0. The molecule has 0 saturated heterocycles. The van der Waals surface area contributed by atoms with E-state index in [-0.39, 0.29) is 0 Å². The van der Waals surface area contributed by atoms with Crippen LogP contribution >= 0.6 is 0 Å². The van der Waals surface area contributed by atoms with Gasteiger partial charge in [0.15, 0.2) is 0 Å². The van der Waals surface area contributed by atoms with Gasteiger partial charge < -0.3 is 10.6 Å². The molecule has 0 aliphatic heterocycles. The van der Waals surface area contributed by atoms with Crippen molar-refractivity contribution < 1.29 is 0 Å². The Kier molecular flexibility index (Phi) is 3.56. The van der Waals surface area contributed by atoms with E-state index in [1.807, 2.05) is 6.20 Å². The average molecular weight is 219 g/mol. The van der Waals surface area contributed by atoms with Crippen LogP contribution in [0.1, 0.15) is 24.6 Å². The summed E-state index contributed by atoms with van der Waals surface area (Å²) in [6.45, 7) is 5.03. The Morgan fingerprint density at radius 3 is 2.75 bits per heavy atom. The smallest absolute Gasteiger partial charge is 0.0544 e. The number of nitrogens with two attached hydrogens (primary N) is 1. The summed E-state index contributed by atoms with van der Waals surface area (Å²) in [6, 6.07) is 4.14. The first-order chi connectivity index (χ1) is 7.69. The minimum atomic E-state index is 0.572. The van der Waals surface area contributed by atoms with Gasteiger partial charge in [-0.2, -0.15) is 0 Å². The molecule has 1 saturated carbocycles. The zero-order valence-electron chi connectivity index (χ0n) is 10.2. The van der Waals surface area contributed by atoms with Gasteiger partial charge in [-0.15, -0.1) is 0 Å². The van der Waals surface area contributed by atoms with Crippen molar-refractivity contribution in [2.75, 3.05) is 13.6 Å². The van der Waals surface area contributed by atoms with Gasteiger partial charge in [-0.05, 0) is 36.9 Å². The first-order valence-electron chi connectivity index (χ1n) is 6.01.